The lowest BCUT2D eigenvalue weighted by Crippen LogP contribution is -2.16. The molecule has 2 aromatic rings. The fourth-order valence-corrected chi connectivity index (χ4v) is 1.75. The van der Waals surface area contributed by atoms with Crippen LogP contribution in [0.2, 0.25) is 0 Å². The van der Waals surface area contributed by atoms with Crippen LogP contribution in [0.15, 0.2) is 34.9 Å². The average Bonchev–Trinajstić information content (AvgIpc) is 2.82. The highest BCUT2D eigenvalue weighted by atomic mass is 16.5. The van der Waals surface area contributed by atoms with Gasteiger partial charge in [-0.3, -0.25) is 0 Å². The van der Waals surface area contributed by atoms with Gasteiger partial charge < -0.3 is 14.2 Å². The van der Waals surface area contributed by atoms with Gasteiger partial charge >= 0.3 is 0 Å². The Morgan fingerprint density at radius 1 is 1.37 bits per heavy atom. The van der Waals surface area contributed by atoms with Gasteiger partial charge in [0.1, 0.15) is 23.8 Å². The van der Waals surface area contributed by atoms with Crippen molar-refractivity contribution in [1.29, 1.82) is 0 Å². The lowest BCUT2D eigenvalue weighted by atomic mass is 10.2. The van der Waals surface area contributed by atoms with Gasteiger partial charge in [-0.2, -0.15) is 0 Å². The van der Waals surface area contributed by atoms with E-state index in [1.807, 2.05) is 44.3 Å². The summed E-state index contributed by atoms with van der Waals surface area (Å²) in [5, 5.41) is 3.98. The second-order valence-electron chi connectivity index (χ2n) is 4.27. The molecule has 0 aliphatic rings. The van der Waals surface area contributed by atoms with Crippen LogP contribution in [-0.2, 0) is 6.54 Å². The highest BCUT2D eigenvalue weighted by Gasteiger charge is 2.06. The van der Waals surface area contributed by atoms with Crippen LogP contribution >= 0.6 is 0 Å². The number of benzene rings is 1. The molecule has 0 unspecified atom stereocenters. The van der Waals surface area contributed by atoms with Crippen molar-refractivity contribution < 1.29 is 9.26 Å². The Morgan fingerprint density at radius 3 is 2.68 bits per heavy atom. The molecule has 0 saturated carbocycles. The first kappa shape index (κ1) is 13.0. The Bertz CT molecular complexity index is 567. The number of hydrogen-bond donors (Lipinski definition) is 0. The minimum atomic E-state index is 0.285. The SMILES string of the molecule is C#CCOc1ccc(N(C)Cc2cc(C)on2)cc1. The van der Waals surface area contributed by atoms with Crippen LogP contribution in [0.5, 0.6) is 5.75 Å². The van der Waals surface area contributed by atoms with Crippen LogP contribution in [0.4, 0.5) is 5.69 Å². The topological polar surface area (TPSA) is 38.5 Å². The van der Waals surface area contributed by atoms with Gasteiger partial charge in [0.15, 0.2) is 0 Å². The van der Waals surface area contributed by atoms with E-state index in [-0.39, 0.29) is 6.61 Å². The fourth-order valence-electron chi connectivity index (χ4n) is 1.75. The molecule has 19 heavy (non-hydrogen) atoms. The molecule has 0 spiro atoms. The van der Waals surface area contributed by atoms with E-state index < -0.39 is 0 Å². The predicted molar refractivity (Wildman–Crippen MR) is 74.1 cm³/mol. The summed E-state index contributed by atoms with van der Waals surface area (Å²) in [7, 11) is 2.00. The van der Waals surface area contributed by atoms with E-state index >= 15 is 0 Å². The van der Waals surface area contributed by atoms with Crippen LogP contribution in [0.3, 0.4) is 0 Å². The molecule has 0 atom stereocenters. The summed E-state index contributed by atoms with van der Waals surface area (Å²) in [6.07, 6.45) is 5.14. The van der Waals surface area contributed by atoms with Crippen molar-refractivity contribution in [3.63, 3.8) is 0 Å². The van der Waals surface area contributed by atoms with E-state index in [4.69, 9.17) is 15.7 Å². The average molecular weight is 256 g/mol. The maximum absolute atomic E-state index is 5.33. The molecule has 4 nitrogen and oxygen atoms in total. The molecule has 0 fully saturated rings. The van der Waals surface area contributed by atoms with E-state index in [1.165, 1.54) is 0 Å². The van der Waals surface area contributed by atoms with Gasteiger partial charge in [-0.05, 0) is 31.2 Å². The monoisotopic (exact) mass is 256 g/mol. The van der Waals surface area contributed by atoms with E-state index in [0.29, 0.717) is 6.54 Å². The molecular weight excluding hydrogens is 240 g/mol. The van der Waals surface area contributed by atoms with Crippen LogP contribution in [-0.4, -0.2) is 18.8 Å². The number of aryl methyl sites for hydroxylation is 1. The minimum Gasteiger partial charge on any atom is -0.481 e. The Hall–Kier alpha value is -2.41. The molecule has 4 heteroatoms. The Balaban J connectivity index is 1.99. The zero-order chi connectivity index (χ0) is 13.7. The van der Waals surface area contributed by atoms with Gasteiger partial charge in [0, 0.05) is 18.8 Å². The number of ether oxygens (including phenoxy) is 1. The summed E-state index contributed by atoms with van der Waals surface area (Å²) in [5.41, 5.74) is 1.99. The first-order chi connectivity index (χ1) is 9.19. The highest BCUT2D eigenvalue weighted by molar-refractivity contribution is 5.48. The molecule has 2 rings (SSSR count). The first-order valence-corrected chi connectivity index (χ1v) is 5.98. The van der Waals surface area contributed by atoms with Crippen molar-refractivity contribution >= 4 is 5.69 Å². The molecule has 0 bridgehead atoms. The molecule has 0 amide bonds. The molecule has 0 radical (unpaired) electrons. The Labute approximate surface area is 113 Å². The number of terminal acetylenes is 1. The van der Waals surface area contributed by atoms with Gasteiger partial charge in [-0.25, -0.2) is 0 Å². The quantitative estimate of drug-likeness (QED) is 0.771. The zero-order valence-corrected chi connectivity index (χ0v) is 11.1. The van der Waals surface area contributed by atoms with Crippen LogP contribution in [0.25, 0.3) is 0 Å². The highest BCUT2D eigenvalue weighted by Crippen LogP contribution is 2.20. The smallest absolute Gasteiger partial charge is 0.148 e. The first-order valence-electron chi connectivity index (χ1n) is 5.98. The van der Waals surface area contributed by atoms with Crippen LogP contribution < -0.4 is 9.64 Å². The van der Waals surface area contributed by atoms with Gasteiger partial charge in [-0.1, -0.05) is 11.1 Å². The van der Waals surface area contributed by atoms with Crippen LogP contribution in [0.1, 0.15) is 11.5 Å². The van der Waals surface area contributed by atoms with E-state index in [1.54, 1.807) is 0 Å². The second-order valence-corrected chi connectivity index (χ2v) is 4.27. The van der Waals surface area contributed by atoms with Crippen molar-refractivity contribution in [2.24, 2.45) is 0 Å². The van der Waals surface area contributed by atoms with Crippen molar-refractivity contribution in [1.82, 2.24) is 5.16 Å². The number of aromatic nitrogens is 1. The number of hydrogen-bond acceptors (Lipinski definition) is 4. The van der Waals surface area contributed by atoms with Crippen molar-refractivity contribution in [2.45, 2.75) is 13.5 Å². The van der Waals surface area contributed by atoms with Crippen molar-refractivity contribution in [3.8, 4) is 18.1 Å². The third-order valence-electron chi connectivity index (χ3n) is 2.68. The molecule has 98 valence electrons. The maximum Gasteiger partial charge on any atom is 0.148 e. The lowest BCUT2D eigenvalue weighted by Gasteiger charge is -2.18. The molecule has 1 aromatic heterocycles. The van der Waals surface area contributed by atoms with E-state index in [0.717, 1.165) is 22.9 Å². The summed E-state index contributed by atoms with van der Waals surface area (Å²) < 4.78 is 10.4. The molecule has 0 saturated heterocycles. The Morgan fingerprint density at radius 2 is 2.11 bits per heavy atom. The summed E-state index contributed by atoms with van der Waals surface area (Å²) in [5.74, 6) is 4.03. The van der Waals surface area contributed by atoms with E-state index in [9.17, 15) is 0 Å². The number of nitrogens with zero attached hydrogens (tertiary/aromatic N) is 2. The largest absolute Gasteiger partial charge is 0.481 e. The van der Waals surface area contributed by atoms with Crippen molar-refractivity contribution in [2.75, 3.05) is 18.6 Å². The second kappa shape index (κ2) is 5.96. The molecule has 0 aliphatic heterocycles. The maximum atomic E-state index is 5.33. The summed E-state index contributed by atoms with van der Waals surface area (Å²) in [6, 6.07) is 9.70. The summed E-state index contributed by atoms with van der Waals surface area (Å²) >= 11 is 0. The van der Waals surface area contributed by atoms with E-state index in [2.05, 4.69) is 16.0 Å². The third kappa shape index (κ3) is 3.52. The van der Waals surface area contributed by atoms with Gasteiger partial charge in [0.25, 0.3) is 0 Å². The number of rotatable bonds is 5. The summed E-state index contributed by atoms with van der Waals surface area (Å²) in [4.78, 5) is 2.09. The third-order valence-corrected chi connectivity index (χ3v) is 2.68. The standard InChI is InChI=1S/C15H16N2O2/c1-4-9-18-15-7-5-14(6-8-15)17(3)11-13-10-12(2)19-16-13/h1,5-8,10H,9,11H2,2-3H3. The fraction of sp³-hybridized carbons (Fsp3) is 0.267. The Kier molecular flexibility index (Phi) is 4.09. The normalized spacial score (nSPS) is 9.95. The van der Waals surface area contributed by atoms with Crippen LogP contribution in [0, 0.1) is 19.3 Å². The zero-order valence-electron chi connectivity index (χ0n) is 11.1. The summed E-state index contributed by atoms with van der Waals surface area (Å²) in [6.45, 7) is 2.86. The minimum absolute atomic E-state index is 0.285. The molecule has 0 N–H and O–H groups in total. The lowest BCUT2D eigenvalue weighted by molar-refractivity contribution is 0.370. The molecule has 1 heterocycles. The molecular formula is C15H16N2O2. The molecule has 0 aliphatic carbocycles. The van der Waals surface area contributed by atoms with Gasteiger partial charge in [0.05, 0.1) is 6.54 Å². The predicted octanol–water partition coefficient (Wildman–Crippen LogP) is 2.63. The van der Waals surface area contributed by atoms with Crippen molar-refractivity contribution in [3.05, 3.63) is 41.8 Å². The van der Waals surface area contributed by atoms with Gasteiger partial charge in [0.2, 0.25) is 0 Å². The molecule has 1 aromatic carbocycles. The number of anilines is 1. The van der Waals surface area contributed by atoms with Gasteiger partial charge in [-0.15, -0.1) is 6.42 Å².